The van der Waals surface area contributed by atoms with Gasteiger partial charge in [-0.05, 0) is 47.4 Å². The normalized spacial score (nSPS) is 19.5. The van der Waals surface area contributed by atoms with Crippen LogP contribution in [0.5, 0.6) is 0 Å². The van der Waals surface area contributed by atoms with Crippen LogP contribution in [-0.2, 0) is 14.3 Å². The average Bonchev–Trinajstić information content (AvgIpc) is 3.41. The summed E-state index contributed by atoms with van der Waals surface area (Å²) < 4.78 is 5.60. The van der Waals surface area contributed by atoms with Crippen LogP contribution in [0.4, 0.5) is 4.79 Å². The van der Waals surface area contributed by atoms with E-state index in [0.717, 1.165) is 36.8 Å². The maximum Gasteiger partial charge on any atom is 0.407 e. The molecule has 3 atom stereocenters. The fourth-order valence-corrected chi connectivity index (χ4v) is 5.53. The topological polar surface area (TPSA) is 105 Å². The van der Waals surface area contributed by atoms with E-state index in [-0.39, 0.29) is 49.3 Å². The first kappa shape index (κ1) is 24.8. The second-order valence-corrected chi connectivity index (χ2v) is 9.60. The van der Waals surface area contributed by atoms with Crippen LogP contribution in [0.25, 0.3) is 11.1 Å². The van der Waals surface area contributed by atoms with E-state index in [9.17, 15) is 14.4 Å². The Morgan fingerprint density at radius 2 is 1.69 bits per heavy atom. The van der Waals surface area contributed by atoms with Gasteiger partial charge in [0.05, 0.1) is 12.3 Å². The molecule has 3 N–H and O–H groups in total. The van der Waals surface area contributed by atoms with Gasteiger partial charge in [0.1, 0.15) is 6.61 Å². The minimum absolute atomic E-state index is 0.0172. The zero-order valence-corrected chi connectivity index (χ0v) is 20.2. The molecule has 0 radical (unpaired) electrons. The summed E-state index contributed by atoms with van der Waals surface area (Å²) in [7, 11) is 0. The molecule has 2 aromatic carbocycles. The number of nitrogens with one attached hydrogen (secondary N) is 2. The molecule has 35 heavy (non-hydrogen) atoms. The Morgan fingerprint density at radius 1 is 1.03 bits per heavy atom. The third kappa shape index (κ3) is 5.84. The molecular weight excluding hydrogens is 444 g/mol. The van der Waals surface area contributed by atoms with E-state index >= 15 is 0 Å². The van der Waals surface area contributed by atoms with Crippen molar-refractivity contribution < 1.29 is 24.2 Å². The molecule has 2 amide bonds. The Labute approximate surface area is 206 Å². The third-order valence-electron chi connectivity index (χ3n) is 7.27. The molecule has 0 aliphatic heterocycles. The van der Waals surface area contributed by atoms with Crippen molar-refractivity contribution in [2.24, 2.45) is 11.8 Å². The van der Waals surface area contributed by atoms with Gasteiger partial charge in [0.15, 0.2) is 0 Å². The molecule has 7 nitrogen and oxygen atoms in total. The number of fused-ring (bicyclic) bond motifs is 3. The molecule has 0 bridgehead atoms. The molecule has 2 aromatic rings. The van der Waals surface area contributed by atoms with Crippen molar-refractivity contribution in [2.75, 3.05) is 13.2 Å². The molecule has 1 fully saturated rings. The van der Waals surface area contributed by atoms with E-state index in [1.165, 1.54) is 11.1 Å². The van der Waals surface area contributed by atoms with Crippen LogP contribution in [0.1, 0.15) is 62.5 Å². The zero-order valence-electron chi connectivity index (χ0n) is 20.2. The van der Waals surface area contributed by atoms with Crippen LogP contribution in [0.2, 0.25) is 0 Å². The van der Waals surface area contributed by atoms with Crippen LogP contribution >= 0.6 is 0 Å². The first-order valence-corrected chi connectivity index (χ1v) is 12.6. The maximum atomic E-state index is 12.9. The zero-order chi connectivity index (χ0) is 24.8. The Hall–Kier alpha value is -3.35. The molecule has 7 heteroatoms. The van der Waals surface area contributed by atoms with Gasteiger partial charge in [0.25, 0.3) is 0 Å². The number of ether oxygens (including phenoxy) is 1. The first-order chi connectivity index (χ1) is 17.0. The van der Waals surface area contributed by atoms with Crippen molar-refractivity contribution in [2.45, 2.75) is 57.4 Å². The highest BCUT2D eigenvalue weighted by molar-refractivity contribution is 5.81. The SMILES string of the molecule is CCCC(CNC(=O)OCC1c2ccccc2-c2ccccc21)C(=O)N[C@@H]1CCC[C@H]1CC(=O)O. The van der Waals surface area contributed by atoms with Crippen molar-refractivity contribution in [3.05, 3.63) is 59.7 Å². The number of rotatable bonds is 10. The number of carboxylic acids is 1. The molecule has 0 spiro atoms. The van der Waals surface area contributed by atoms with Gasteiger partial charge in [-0.2, -0.15) is 0 Å². The highest BCUT2D eigenvalue weighted by Gasteiger charge is 2.32. The van der Waals surface area contributed by atoms with Gasteiger partial charge in [-0.25, -0.2) is 4.79 Å². The van der Waals surface area contributed by atoms with E-state index < -0.39 is 12.1 Å². The minimum Gasteiger partial charge on any atom is -0.481 e. The van der Waals surface area contributed by atoms with Crippen molar-refractivity contribution >= 4 is 18.0 Å². The molecule has 2 aliphatic carbocycles. The van der Waals surface area contributed by atoms with Crippen LogP contribution < -0.4 is 10.6 Å². The van der Waals surface area contributed by atoms with E-state index in [1.54, 1.807) is 0 Å². The monoisotopic (exact) mass is 478 g/mol. The van der Waals surface area contributed by atoms with Crippen molar-refractivity contribution in [3.8, 4) is 11.1 Å². The lowest BCUT2D eigenvalue weighted by Gasteiger charge is -2.23. The Kier molecular flexibility index (Phi) is 8.06. The maximum absolute atomic E-state index is 12.9. The quantitative estimate of drug-likeness (QED) is 0.459. The minimum atomic E-state index is -0.835. The second-order valence-electron chi connectivity index (χ2n) is 9.60. The smallest absolute Gasteiger partial charge is 0.407 e. The molecular formula is C28H34N2O5. The summed E-state index contributed by atoms with van der Waals surface area (Å²) in [5.74, 6) is -1.40. The largest absolute Gasteiger partial charge is 0.481 e. The molecule has 1 saturated carbocycles. The third-order valence-corrected chi connectivity index (χ3v) is 7.27. The number of amides is 2. The van der Waals surface area contributed by atoms with Crippen molar-refractivity contribution in [1.29, 1.82) is 0 Å². The molecule has 1 unspecified atom stereocenters. The van der Waals surface area contributed by atoms with E-state index in [4.69, 9.17) is 9.84 Å². The average molecular weight is 479 g/mol. The fraction of sp³-hybridized carbons (Fsp3) is 0.464. The van der Waals surface area contributed by atoms with Crippen LogP contribution in [0, 0.1) is 11.8 Å². The van der Waals surface area contributed by atoms with Gasteiger partial charge in [-0.3, -0.25) is 9.59 Å². The molecule has 0 saturated heterocycles. The number of alkyl carbamates (subject to hydrolysis) is 1. The predicted molar refractivity (Wildman–Crippen MR) is 133 cm³/mol. The molecule has 186 valence electrons. The molecule has 0 heterocycles. The van der Waals surface area contributed by atoms with Gasteiger partial charge < -0.3 is 20.5 Å². The lowest BCUT2D eigenvalue weighted by molar-refractivity contribution is -0.138. The van der Waals surface area contributed by atoms with Gasteiger partial charge >= 0.3 is 12.1 Å². The summed E-state index contributed by atoms with van der Waals surface area (Å²) in [6, 6.07) is 16.2. The van der Waals surface area contributed by atoms with E-state index in [2.05, 4.69) is 34.9 Å². The number of benzene rings is 2. The summed E-state index contributed by atoms with van der Waals surface area (Å²) in [4.78, 5) is 36.6. The standard InChI is InChI=1S/C28H34N2O5/c1-2-8-19(27(33)30-25-14-7-9-18(25)15-26(31)32)16-29-28(34)35-17-24-22-12-5-3-10-20(22)21-11-4-6-13-23(21)24/h3-6,10-13,18-19,24-25H,2,7-9,14-17H2,1H3,(H,29,34)(H,30,33)(H,31,32)/t18-,19?,25+/m0/s1. The second kappa shape index (κ2) is 11.4. The van der Waals surface area contributed by atoms with Gasteiger partial charge in [0.2, 0.25) is 5.91 Å². The van der Waals surface area contributed by atoms with E-state index in [1.807, 2.05) is 31.2 Å². The fourth-order valence-electron chi connectivity index (χ4n) is 5.53. The van der Waals surface area contributed by atoms with Crippen molar-refractivity contribution in [1.82, 2.24) is 10.6 Å². The molecule has 0 aromatic heterocycles. The van der Waals surface area contributed by atoms with Crippen molar-refractivity contribution in [3.63, 3.8) is 0 Å². The summed E-state index contributed by atoms with van der Waals surface area (Å²) in [6.07, 6.45) is 3.49. The van der Waals surface area contributed by atoms with E-state index in [0.29, 0.717) is 6.42 Å². The Balaban J connectivity index is 1.31. The lowest BCUT2D eigenvalue weighted by Crippen LogP contribution is -2.44. The number of aliphatic carboxylic acids is 1. The number of hydrogen-bond acceptors (Lipinski definition) is 4. The highest BCUT2D eigenvalue weighted by Crippen LogP contribution is 2.44. The number of carbonyl (C=O) groups is 3. The van der Waals surface area contributed by atoms with Gasteiger partial charge in [-0.1, -0.05) is 68.3 Å². The van der Waals surface area contributed by atoms with Crippen LogP contribution in [0.15, 0.2) is 48.5 Å². The predicted octanol–water partition coefficient (Wildman–Crippen LogP) is 4.70. The summed E-state index contributed by atoms with van der Waals surface area (Å²) in [6.45, 7) is 2.41. The number of carbonyl (C=O) groups excluding carboxylic acids is 2. The Morgan fingerprint density at radius 3 is 2.31 bits per heavy atom. The molecule has 2 aliphatic rings. The van der Waals surface area contributed by atoms with Crippen LogP contribution in [0.3, 0.4) is 0 Å². The van der Waals surface area contributed by atoms with Crippen LogP contribution in [-0.4, -0.2) is 42.3 Å². The highest BCUT2D eigenvalue weighted by atomic mass is 16.5. The van der Waals surface area contributed by atoms with Gasteiger partial charge in [0, 0.05) is 18.5 Å². The number of hydrogen-bond donors (Lipinski definition) is 3. The summed E-state index contributed by atoms with van der Waals surface area (Å²) >= 11 is 0. The molecule has 4 rings (SSSR count). The van der Waals surface area contributed by atoms with Gasteiger partial charge in [-0.15, -0.1) is 0 Å². The summed E-state index contributed by atoms with van der Waals surface area (Å²) in [5, 5.41) is 14.9. The number of carboxylic acid groups (broad SMARTS) is 1. The summed E-state index contributed by atoms with van der Waals surface area (Å²) in [5.41, 5.74) is 4.64. The Bertz CT molecular complexity index is 1020. The first-order valence-electron chi connectivity index (χ1n) is 12.6. The lowest BCUT2D eigenvalue weighted by atomic mass is 9.97.